The second-order valence-corrected chi connectivity index (χ2v) is 10.3. The molecule has 0 spiro atoms. The van der Waals surface area contributed by atoms with Gasteiger partial charge in [-0.3, -0.25) is 4.79 Å². The van der Waals surface area contributed by atoms with Gasteiger partial charge in [-0.2, -0.15) is 4.31 Å². The summed E-state index contributed by atoms with van der Waals surface area (Å²) < 4.78 is 46.9. The zero-order chi connectivity index (χ0) is 25.2. The van der Waals surface area contributed by atoms with Crippen LogP contribution in [0.5, 0.6) is 0 Å². The maximum atomic E-state index is 13.5. The zero-order valence-corrected chi connectivity index (χ0v) is 20.6. The average molecular weight is 499 g/mol. The van der Waals surface area contributed by atoms with Gasteiger partial charge in [-0.1, -0.05) is 23.4 Å². The number of halogens is 1. The number of aromatic nitrogens is 1. The summed E-state index contributed by atoms with van der Waals surface area (Å²) >= 11 is 0. The highest BCUT2D eigenvalue weighted by Crippen LogP contribution is 2.26. The summed E-state index contributed by atoms with van der Waals surface area (Å²) in [6.07, 6.45) is 3.37. The standard InChI is InChI=1S/C25H27FN4O4S/c1-17-4-5-20(6-11-23-25(27-19(3)31)18(2)28-34-23)16-24(17)35(32,33)30-14-12-29(13-15-30)22-9-7-21(26)8-10-22/h4-11,16H,12-15H2,1-3H3,(H,27,31). The van der Waals surface area contributed by atoms with E-state index in [0.717, 1.165) is 5.69 Å². The Morgan fingerprint density at radius 3 is 2.40 bits per heavy atom. The van der Waals surface area contributed by atoms with Crippen LogP contribution < -0.4 is 10.2 Å². The molecule has 4 rings (SSSR count). The van der Waals surface area contributed by atoms with Crippen molar-refractivity contribution in [2.24, 2.45) is 0 Å². The highest BCUT2D eigenvalue weighted by atomic mass is 32.2. The predicted octanol–water partition coefficient (Wildman–Crippen LogP) is 4.07. The number of anilines is 2. The van der Waals surface area contributed by atoms with Gasteiger partial charge >= 0.3 is 0 Å². The lowest BCUT2D eigenvalue weighted by atomic mass is 10.1. The molecule has 1 N–H and O–H groups in total. The Hall–Kier alpha value is -3.50. The topological polar surface area (TPSA) is 95.8 Å². The normalized spacial score (nSPS) is 15.0. The molecule has 2 heterocycles. The van der Waals surface area contributed by atoms with Crippen LogP contribution in [-0.4, -0.2) is 50.0 Å². The summed E-state index contributed by atoms with van der Waals surface area (Å²) in [7, 11) is -3.71. The van der Waals surface area contributed by atoms with Crippen molar-refractivity contribution >= 4 is 39.5 Å². The summed E-state index contributed by atoms with van der Waals surface area (Å²) in [5.41, 5.74) is 3.21. The number of carbonyl (C=O) groups excluding carboxylic acids is 1. The summed E-state index contributed by atoms with van der Waals surface area (Å²) in [4.78, 5) is 13.7. The van der Waals surface area contributed by atoms with Gasteiger partial charge in [-0.15, -0.1) is 0 Å². The van der Waals surface area contributed by atoms with E-state index in [0.29, 0.717) is 54.4 Å². The van der Waals surface area contributed by atoms with E-state index in [9.17, 15) is 17.6 Å². The fourth-order valence-electron chi connectivity index (χ4n) is 3.98. The first-order valence-electron chi connectivity index (χ1n) is 11.2. The predicted molar refractivity (Wildman–Crippen MR) is 133 cm³/mol. The summed E-state index contributed by atoms with van der Waals surface area (Å²) in [6, 6.07) is 11.4. The van der Waals surface area contributed by atoms with Gasteiger partial charge in [-0.25, -0.2) is 12.8 Å². The fraction of sp³-hybridized carbons (Fsp3) is 0.280. The molecule has 1 fully saturated rings. The van der Waals surface area contributed by atoms with Crippen LogP contribution >= 0.6 is 0 Å². The average Bonchev–Trinajstić information content (AvgIpc) is 3.17. The van der Waals surface area contributed by atoms with E-state index in [1.54, 1.807) is 50.3 Å². The van der Waals surface area contributed by atoms with Gasteiger partial charge in [0.2, 0.25) is 15.9 Å². The number of nitrogens with zero attached hydrogens (tertiary/aromatic N) is 3. The lowest BCUT2D eigenvalue weighted by Crippen LogP contribution is -2.48. The van der Waals surface area contributed by atoms with Gasteiger partial charge in [0.1, 0.15) is 17.2 Å². The van der Waals surface area contributed by atoms with Gasteiger partial charge in [-0.05, 0) is 61.4 Å². The molecule has 0 saturated carbocycles. The van der Waals surface area contributed by atoms with Crippen molar-refractivity contribution < 1.29 is 22.1 Å². The minimum atomic E-state index is -3.71. The number of amides is 1. The molecule has 1 saturated heterocycles. The molecular weight excluding hydrogens is 471 g/mol. The Balaban J connectivity index is 1.52. The third-order valence-corrected chi connectivity index (χ3v) is 7.92. The van der Waals surface area contributed by atoms with Crippen LogP contribution in [0.3, 0.4) is 0 Å². The third-order valence-electron chi connectivity index (χ3n) is 5.88. The maximum Gasteiger partial charge on any atom is 0.243 e. The summed E-state index contributed by atoms with van der Waals surface area (Å²) in [6.45, 7) is 6.58. The van der Waals surface area contributed by atoms with E-state index in [4.69, 9.17) is 4.52 Å². The smallest absolute Gasteiger partial charge is 0.243 e. The van der Waals surface area contributed by atoms with E-state index >= 15 is 0 Å². The second kappa shape index (κ2) is 10.0. The van der Waals surface area contributed by atoms with Crippen LogP contribution in [0, 0.1) is 19.7 Å². The van der Waals surface area contributed by atoms with Gasteiger partial charge in [0, 0.05) is 38.8 Å². The molecule has 184 valence electrons. The van der Waals surface area contributed by atoms with Crippen molar-refractivity contribution in [3.05, 3.63) is 70.9 Å². The second-order valence-electron chi connectivity index (χ2n) is 8.41. The van der Waals surface area contributed by atoms with E-state index in [1.807, 2.05) is 11.0 Å². The number of rotatable bonds is 6. The van der Waals surface area contributed by atoms with Crippen molar-refractivity contribution in [3.8, 4) is 0 Å². The van der Waals surface area contributed by atoms with Crippen molar-refractivity contribution in [1.82, 2.24) is 9.46 Å². The van der Waals surface area contributed by atoms with Crippen molar-refractivity contribution in [1.29, 1.82) is 0 Å². The van der Waals surface area contributed by atoms with Crippen LogP contribution in [-0.2, 0) is 14.8 Å². The monoisotopic (exact) mass is 498 g/mol. The molecule has 2 aromatic carbocycles. The third kappa shape index (κ3) is 5.44. The number of aryl methyl sites for hydroxylation is 2. The first-order valence-corrected chi connectivity index (χ1v) is 12.6. The lowest BCUT2D eigenvalue weighted by molar-refractivity contribution is -0.114. The highest BCUT2D eigenvalue weighted by Gasteiger charge is 2.30. The maximum absolute atomic E-state index is 13.5. The molecule has 1 aliphatic heterocycles. The minimum absolute atomic E-state index is 0.241. The number of carbonyl (C=O) groups is 1. The number of hydrogen-bond acceptors (Lipinski definition) is 6. The molecule has 0 radical (unpaired) electrons. The zero-order valence-electron chi connectivity index (χ0n) is 19.8. The lowest BCUT2D eigenvalue weighted by Gasteiger charge is -2.35. The van der Waals surface area contributed by atoms with Gasteiger partial charge in [0.25, 0.3) is 0 Å². The number of sulfonamides is 1. The number of benzene rings is 2. The van der Waals surface area contributed by atoms with Crippen LogP contribution in [0.15, 0.2) is 51.9 Å². The Morgan fingerprint density at radius 1 is 1.06 bits per heavy atom. The van der Waals surface area contributed by atoms with Crippen molar-refractivity contribution in [2.45, 2.75) is 25.7 Å². The minimum Gasteiger partial charge on any atom is -0.369 e. The molecule has 0 bridgehead atoms. The van der Waals surface area contributed by atoms with E-state index in [1.165, 1.54) is 23.4 Å². The van der Waals surface area contributed by atoms with Crippen LogP contribution in [0.1, 0.15) is 29.5 Å². The molecule has 0 unspecified atom stereocenters. The van der Waals surface area contributed by atoms with Crippen LogP contribution in [0.25, 0.3) is 12.2 Å². The fourth-order valence-corrected chi connectivity index (χ4v) is 5.66. The molecule has 3 aromatic rings. The molecule has 10 heteroatoms. The molecular formula is C25H27FN4O4S. The van der Waals surface area contributed by atoms with Gasteiger partial charge < -0.3 is 14.7 Å². The van der Waals surface area contributed by atoms with Crippen molar-refractivity contribution in [2.75, 3.05) is 36.4 Å². The Kier molecular flexibility index (Phi) is 7.04. The quantitative estimate of drug-likeness (QED) is 0.551. The Labute approximate surface area is 204 Å². The Morgan fingerprint density at radius 2 is 1.74 bits per heavy atom. The number of piperazine rings is 1. The SMILES string of the molecule is CC(=O)Nc1c(C)noc1C=Cc1ccc(C)c(S(=O)(=O)N2CCN(c3ccc(F)cc3)CC2)c1. The molecule has 1 aromatic heterocycles. The molecule has 1 amide bonds. The van der Waals surface area contributed by atoms with Crippen LogP contribution in [0.2, 0.25) is 0 Å². The first-order chi connectivity index (χ1) is 16.6. The van der Waals surface area contributed by atoms with Crippen LogP contribution in [0.4, 0.5) is 15.8 Å². The summed E-state index contributed by atoms with van der Waals surface area (Å²) in [5.74, 6) is -0.169. The van der Waals surface area contributed by atoms with Gasteiger partial charge in [0.15, 0.2) is 5.76 Å². The van der Waals surface area contributed by atoms with E-state index < -0.39 is 10.0 Å². The number of hydrogen-bond donors (Lipinski definition) is 1. The van der Waals surface area contributed by atoms with E-state index in [-0.39, 0.29) is 16.6 Å². The highest BCUT2D eigenvalue weighted by molar-refractivity contribution is 7.89. The molecule has 0 atom stereocenters. The first kappa shape index (κ1) is 24.6. The number of nitrogens with one attached hydrogen (secondary N) is 1. The molecule has 35 heavy (non-hydrogen) atoms. The molecule has 8 nitrogen and oxygen atoms in total. The largest absolute Gasteiger partial charge is 0.369 e. The summed E-state index contributed by atoms with van der Waals surface area (Å²) in [5, 5.41) is 6.57. The van der Waals surface area contributed by atoms with Gasteiger partial charge in [0.05, 0.1) is 4.90 Å². The van der Waals surface area contributed by atoms with E-state index in [2.05, 4.69) is 10.5 Å². The Bertz CT molecular complexity index is 1360. The molecule has 0 aliphatic carbocycles. The van der Waals surface area contributed by atoms with Crippen molar-refractivity contribution in [3.63, 3.8) is 0 Å². The molecule has 1 aliphatic rings.